The number of nitrogens with one attached hydrogen (secondary N) is 2. The second-order valence-electron chi connectivity index (χ2n) is 6.26. The van der Waals surface area contributed by atoms with Crippen molar-refractivity contribution >= 4 is 11.8 Å². The van der Waals surface area contributed by atoms with Crippen molar-refractivity contribution in [2.24, 2.45) is 5.92 Å². The molecule has 1 saturated carbocycles. The van der Waals surface area contributed by atoms with Gasteiger partial charge in [0.15, 0.2) is 0 Å². The molecule has 2 rings (SSSR count). The fraction of sp³-hybridized carbons (Fsp3) is 0.529. The summed E-state index contributed by atoms with van der Waals surface area (Å²) in [7, 11) is 0. The van der Waals surface area contributed by atoms with Gasteiger partial charge in [-0.25, -0.2) is 4.39 Å². The minimum atomic E-state index is -1.31. The summed E-state index contributed by atoms with van der Waals surface area (Å²) >= 11 is 0. The van der Waals surface area contributed by atoms with Gasteiger partial charge >= 0.3 is 0 Å². The van der Waals surface area contributed by atoms with E-state index in [1.54, 1.807) is 0 Å². The van der Waals surface area contributed by atoms with Gasteiger partial charge < -0.3 is 15.7 Å². The lowest BCUT2D eigenvalue weighted by Gasteiger charge is -2.24. The highest BCUT2D eigenvalue weighted by atomic mass is 19.1. The lowest BCUT2D eigenvalue weighted by atomic mass is 9.96. The standard InChI is InChI=1S/C17H23FN2O3/c1-17(23,13-6-8-14(18)9-7-13)11-20-15(21)10-19-16(22)12-4-2-3-5-12/h6-9,12,23H,2-5,10-11H2,1H3,(H,19,22)(H,20,21). The third-order valence-electron chi connectivity index (χ3n) is 4.25. The van der Waals surface area contributed by atoms with Gasteiger partial charge in [0.1, 0.15) is 11.4 Å². The highest BCUT2D eigenvalue weighted by Crippen LogP contribution is 2.24. The number of aliphatic hydroxyl groups is 1. The first-order valence-corrected chi connectivity index (χ1v) is 7.91. The molecular formula is C17H23FN2O3. The number of benzene rings is 1. The van der Waals surface area contributed by atoms with E-state index in [-0.39, 0.29) is 36.6 Å². The monoisotopic (exact) mass is 322 g/mol. The van der Waals surface area contributed by atoms with Crippen LogP contribution in [0.3, 0.4) is 0 Å². The zero-order valence-electron chi connectivity index (χ0n) is 13.3. The molecule has 126 valence electrons. The lowest BCUT2D eigenvalue weighted by Crippen LogP contribution is -2.44. The first kappa shape index (κ1) is 17.4. The molecule has 23 heavy (non-hydrogen) atoms. The quantitative estimate of drug-likeness (QED) is 0.742. The van der Waals surface area contributed by atoms with Crippen LogP contribution in [0.5, 0.6) is 0 Å². The summed E-state index contributed by atoms with van der Waals surface area (Å²) in [6.45, 7) is 1.42. The van der Waals surface area contributed by atoms with E-state index in [1.807, 2.05) is 0 Å². The summed E-state index contributed by atoms with van der Waals surface area (Å²) in [6, 6.07) is 5.47. The van der Waals surface area contributed by atoms with Crippen molar-refractivity contribution in [3.05, 3.63) is 35.6 Å². The van der Waals surface area contributed by atoms with E-state index in [2.05, 4.69) is 10.6 Å². The molecular weight excluding hydrogens is 299 g/mol. The molecule has 0 spiro atoms. The number of hydrogen-bond donors (Lipinski definition) is 3. The van der Waals surface area contributed by atoms with Crippen molar-refractivity contribution in [3.8, 4) is 0 Å². The minimum absolute atomic E-state index is 0.0171. The predicted octanol–water partition coefficient (Wildman–Crippen LogP) is 1.46. The molecule has 2 amide bonds. The molecule has 1 atom stereocenters. The molecule has 1 aromatic carbocycles. The van der Waals surface area contributed by atoms with E-state index in [4.69, 9.17) is 0 Å². The molecule has 1 aromatic rings. The molecule has 0 radical (unpaired) electrons. The number of amides is 2. The molecule has 0 aliphatic heterocycles. The van der Waals surface area contributed by atoms with Gasteiger partial charge in [0.2, 0.25) is 11.8 Å². The molecule has 5 nitrogen and oxygen atoms in total. The predicted molar refractivity (Wildman–Crippen MR) is 83.9 cm³/mol. The Balaban J connectivity index is 1.76. The maximum atomic E-state index is 12.9. The molecule has 6 heteroatoms. The first-order valence-electron chi connectivity index (χ1n) is 7.91. The molecule has 1 aliphatic rings. The van der Waals surface area contributed by atoms with E-state index in [0.29, 0.717) is 5.56 Å². The summed E-state index contributed by atoms with van der Waals surface area (Å²) in [6.07, 6.45) is 3.88. The van der Waals surface area contributed by atoms with Crippen LogP contribution in [-0.2, 0) is 15.2 Å². The van der Waals surface area contributed by atoms with Crippen LogP contribution in [0.4, 0.5) is 4.39 Å². The van der Waals surface area contributed by atoms with Gasteiger partial charge in [0, 0.05) is 5.92 Å². The summed E-state index contributed by atoms with van der Waals surface area (Å²) in [5.41, 5.74) is -0.798. The largest absolute Gasteiger partial charge is 0.384 e. The molecule has 0 aromatic heterocycles. The SMILES string of the molecule is CC(O)(CNC(=O)CNC(=O)C1CCCC1)c1ccc(F)cc1. The average molecular weight is 322 g/mol. The van der Waals surface area contributed by atoms with Gasteiger partial charge in [-0.15, -0.1) is 0 Å². The fourth-order valence-corrected chi connectivity index (χ4v) is 2.74. The van der Waals surface area contributed by atoms with Gasteiger partial charge in [-0.05, 0) is 37.5 Å². The number of hydrogen-bond acceptors (Lipinski definition) is 3. The number of halogens is 1. The van der Waals surface area contributed by atoms with E-state index < -0.39 is 5.60 Å². The number of rotatable bonds is 6. The zero-order chi connectivity index (χ0) is 16.9. The Morgan fingerprint density at radius 1 is 1.22 bits per heavy atom. The third kappa shape index (κ3) is 5.03. The third-order valence-corrected chi connectivity index (χ3v) is 4.25. The van der Waals surface area contributed by atoms with Crippen LogP contribution in [0.1, 0.15) is 38.2 Å². The van der Waals surface area contributed by atoms with E-state index in [0.717, 1.165) is 25.7 Å². The highest BCUT2D eigenvalue weighted by Gasteiger charge is 2.25. The van der Waals surface area contributed by atoms with Crippen LogP contribution in [0.15, 0.2) is 24.3 Å². The Bertz CT molecular complexity index is 551. The summed E-state index contributed by atoms with van der Waals surface area (Å²) < 4.78 is 12.9. The van der Waals surface area contributed by atoms with Crippen molar-refractivity contribution in [2.75, 3.05) is 13.1 Å². The molecule has 3 N–H and O–H groups in total. The Morgan fingerprint density at radius 2 is 1.83 bits per heavy atom. The topological polar surface area (TPSA) is 78.4 Å². The Labute approximate surface area is 135 Å². The van der Waals surface area contributed by atoms with E-state index in [1.165, 1.54) is 31.2 Å². The molecule has 1 unspecified atom stereocenters. The zero-order valence-corrected chi connectivity index (χ0v) is 13.3. The van der Waals surface area contributed by atoms with Crippen LogP contribution < -0.4 is 10.6 Å². The van der Waals surface area contributed by atoms with E-state index >= 15 is 0 Å². The number of carbonyl (C=O) groups excluding carboxylic acids is 2. The second kappa shape index (κ2) is 7.55. The molecule has 1 fully saturated rings. The van der Waals surface area contributed by atoms with Gasteiger partial charge in [-0.1, -0.05) is 25.0 Å². The van der Waals surface area contributed by atoms with Crippen LogP contribution in [0, 0.1) is 11.7 Å². The smallest absolute Gasteiger partial charge is 0.239 e. The van der Waals surface area contributed by atoms with Gasteiger partial charge in [0.25, 0.3) is 0 Å². The van der Waals surface area contributed by atoms with Crippen LogP contribution in [0.2, 0.25) is 0 Å². The van der Waals surface area contributed by atoms with Crippen LogP contribution >= 0.6 is 0 Å². The second-order valence-corrected chi connectivity index (χ2v) is 6.26. The Hall–Kier alpha value is -1.95. The Kier molecular flexibility index (Phi) is 5.71. The summed E-state index contributed by atoms with van der Waals surface area (Å²) in [5.74, 6) is -0.810. The number of carbonyl (C=O) groups is 2. The highest BCUT2D eigenvalue weighted by molar-refractivity contribution is 5.85. The Morgan fingerprint density at radius 3 is 2.43 bits per heavy atom. The maximum Gasteiger partial charge on any atom is 0.239 e. The van der Waals surface area contributed by atoms with Crippen LogP contribution in [0.25, 0.3) is 0 Å². The maximum absolute atomic E-state index is 12.9. The summed E-state index contributed by atoms with van der Waals surface area (Å²) in [4.78, 5) is 23.6. The van der Waals surface area contributed by atoms with Gasteiger partial charge in [0.05, 0.1) is 13.1 Å². The van der Waals surface area contributed by atoms with Crippen molar-refractivity contribution < 1.29 is 19.1 Å². The van der Waals surface area contributed by atoms with Gasteiger partial charge in [-0.3, -0.25) is 9.59 Å². The molecule has 1 aliphatic carbocycles. The van der Waals surface area contributed by atoms with E-state index in [9.17, 15) is 19.1 Å². The van der Waals surface area contributed by atoms with Gasteiger partial charge in [-0.2, -0.15) is 0 Å². The molecule has 0 heterocycles. The van der Waals surface area contributed by atoms with Crippen molar-refractivity contribution in [3.63, 3.8) is 0 Å². The van der Waals surface area contributed by atoms with Crippen molar-refractivity contribution in [2.45, 2.75) is 38.2 Å². The minimum Gasteiger partial charge on any atom is -0.384 e. The van der Waals surface area contributed by atoms with Crippen molar-refractivity contribution in [1.82, 2.24) is 10.6 Å². The van der Waals surface area contributed by atoms with Crippen LogP contribution in [-0.4, -0.2) is 30.0 Å². The molecule has 0 saturated heterocycles. The van der Waals surface area contributed by atoms with Crippen molar-refractivity contribution in [1.29, 1.82) is 0 Å². The molecule has 0 bridgehead atoms. The lowest BCUT2D eigenvalue weighted by molar-refractivity contribution is -0.128. The first-order chi connectivity index (χ1) is 10.9. The fourth-order valence-electron chi connectivity index (χ4n) is 2.74. The average Bonchev–Trinajstić information content (AvgIpc) is 3.05. The normalized spacial score (nSPS) is 17.5. The summed E-state index contributed by atoms with van der Waals surface area (Å²) in [5, 5.41) is 15.6.